The first-order valence-corrected chi connectivity index (χ1v) is 8.25. The molecule has 2 aromatic rings. The van der Waals surface area contributed by atoms with Crippen LogP contribution in [-0.2, 0) is 11.2 Å². The van der Waals surface area contributed by atoms with Crippen molar-refractivity contribution in [3.05, 3.63) is 48.0 Å². The number of ether oxygens (including phenoxy) is 2. The van der Waals surface area contributed by atoms with Crippen LogP contribution in [0.1, 0.15) is 18.9 Å². The minimum atomic E-state index is -0.0302. The number of amides is 1. The lowest BCUT2D eigenvalue weighted by atomic mass is 9.96. The normalized spacial score (nSPS) is 18.2. The van der Waals surface area contributed by atoms with Crippen LogP contribution in [0.15, 0.2) is 42.5 Å². The summed E-state index contributed by atoms with van der Waals surface area (Å²) in [7, 11) is 0. The Bertz CT molecular complexity index is 775. The van der Waals surface area contributed by atoms with Crippen molar-refractivity contribution in [3.63, 3.8) is 0 Å². The minimum Gasteiger partial charge on any atom is -0.454 e. The van der Waals surface area contributed by atoms with E-state index in [1.165, 1.54) is 5.56 Å². The average molecular weight is 324 g/mol. The van der Waals surface area contributed by atoms with Gasteiger partial charge in [0.25, 0.3) is 0 Å². The number of nitrogens with one attached hydrogen (secondary N) is 1. The van der Waals surface area contributed by atoms with Crippen LogP contribution in [0.2, 0.25) is 0 Å². The molecule has 4 rings (SSSR count). The van der Waals surface area contributed by atoms with Crippen LogP contribution in [0.4, 0.5) is 11.4 Å². The molecule has 2 aromatic carbocycles. The van der Waals surface area contributed by atoms with Crippen LogP contribution >= 0.6 is 0 Å². The zero-order valence-corrected chi connectivity index (χ0v) is 13.6. The Morgan fingerprint density at radius 3 is 2.96 bits per heavy atom. The molecule has 5 heteroatoms. The molecule has 1 atom stereocenters. The van der Waals surface area contributed by atoms with E-state index in [-0.39, 0.29) is 12.7 Å². The molecule has 1 unspecified atom stereocenters. The maximum absolute atomic E-state index is 12.5. The number of benzene rings is 2. The van der Waals surface area contributed by atoms with Crippen molar-refractivity contribution < 1.29 is 14.3 Å². The lowest BCUT2D eigenvalue weighted by Crippen LogP contribution is -2.42. The van der Waals surface area contributed by atoms with Gasteiger partial charge < -0.3 is 19.7 Å². The van der Waals surface area contributed by atoms with Gasteiger partial charge in [0, 0.05) is 23.5 Å². The Kier molecular flexibility index (Phi) is 3.76. The molecule has 1 amide bonds. The molecule has 124 valence electrons. The van der Waals surface area contributed by atoms with Gasteiger partial charge in [-0.05, 0) is 43.5 Å². The maximum Gasteiger partial charge on any atom is 0.243 e. The first kappa shape index (κ1) is 14.9. The summed E-state index contributed by atoms with van der Waals surface area (Å²) in [5.41, 5.74) is 3.20. The minimum absolute atomic E-state index is 0.0302. The molecule has 5 nitrogen and oxygen atoms in total. The molecule has 2 aliphatic rings. The van der Waals surface area contributed by atoms with Crippen LogP contribution in [0.5, 0.6) is 11.5 Å². The van der Waals surface area contributed by atoms with Crippen LogP contribution in [0.3, 0.4) is 0 Å². The van der Waals surface area contributed by atoms with E-state index in [9.17, 15) is 4.79 Å². The number of carbonyl (C=O) groups excluding carboxylic acids is 1. The molecule has 0 bridgehead atoms. The van der Waals surface area contributed by atoms with E-state index in [2.05, 4.69) is 35.3 Å². The first-order chi connectivity index (χ1) is 11.7. The number of nitrogens with zero attached hydrogens (tertiary/aromatic N) is 1. The van der Waals surface area contributed by atoms with E-state index in [4.69, 9.17) is 9.47 Å². The molecule has 0 fully saturated rings. The largest absolute Gasteiger partial charge is 0.454 e. The smallest absolute Gasteiger partial charge is 0.243 e. The zero-order chi connectivity index (χ0) is 16.5. The van der Waals surface area contributed by atoms with Crippen molar-refractivity contribution in [3.8, 4) is 11.5 Å². The van der Waals surface area contributed by atoms with E-state index in [1.54, 1.807) is 6.07 Å². The molecule has 0 radical (unpaired) electrons. The van der Waals surface area contributed by atoms with E-state index in [0.29, 0.717) is 24.1 Å². The Morgan fingerprint density at radius 2 is 2.04 bits per heavy atom. The van der Waals surface area contributed by atoms with Crippen LogP contribution < -0.4 is 19.7 Å². The van der Waals surface area contributed by atoms with Gasteiger partial charge in [-0.3, -0.25) is 4.79 Å². The number of para-hydroxylation sites is 1. The molecule has 0 aromatic heterocycles. The van der Waals surface area contributed by atoms with Gasteiger partial charge in [0.1, 0.15) is 0 Å². The summed E-state index contributed by atoms with van der Waals surface area (Å²) in [6.45, 7) is 2.74. The number of hydrogen-bond donors (Lipinski definition) is 1. The van der Waals surface area contributed by atoms with E-state index >= 15 is 0 Å². The van der Waals surface area contributed by atoms with Crippen LogP contribution in [-0.4, -0.2) is 25.3 Å². The molecule has 0 saturated carbocycles. The molecule has 2 heterocycles. The first-order valence-electron chi connectivity index (χ1n) is 8.25. The Morgan fingerprint density at radius 1 is 1.21 bits per heavy atom. The molecule has 1 N–H and O–H groups in total. The highest BCUT2D eigenvalue weighted by Gasteiger charge is 2.24. The highest BCUT2D eigenvalue weighted by molar-refractivity contribution is 5.94. The fourth-order valence-corrected chi connectivity index (χ4v) is 3.33. The molecule has 0 saturated heterocycles. The van der Waals surface area contributed by atoms with Crippen molar-refractivity contribution >= 4 is 17.3 Å². The third-order valence-electron chi connectivity index (χ3n) is 4.63. The Balaban J connectivity index is 1.48. The summed E-state index contributed by atoms with van der Waals surface area (Å²) >= 11 is 0. The number of anilines is 2. The van der Waals surface area contributed by atoms with Crippen molar-refractivity contribution in [2.24, 2.45) is 0 Å². The second kappa shape index (κ2) is 6.07. The Hall–Kier alpha value is -2.69. The van der Waals surface area contributed by atoms with Crippen molar-refractivity contribution in [2.75, 3.05) is 23.6 Å². The van der Waals surface area contributed by atoms with Crippen molar-refractivity contribution in [1.82, 2.24) is 0 Å². The lowest BCUT2D eigenvalue weighted by molar-refractivity contribution is -0.115. The summed E-state index contributed by atoms with van der Waals surface area (Å²) in [6.07, 6.45) is 2.13. The third-order valence-corrected chi connectivity index (χ3v) is 4.63. The number of aryl methyl sites for hydroxylation is 1. The van der Waals surface area contributed by atoms with Gasteiger partial charge >= 0.3 is 0 Å². The van der Waals surface area contributed by atoms with Crippen molar-refractivity contribution in [1.29, 1.82) is 0 Å². The predicted octanol–water partition coefficient (Wildman–Crippen LogP) is 3.20. The highest BCUT2D eigenvalue weighted by Crippen LogP contribution is 2.34. The molecule has 24 heavy (non-hydrogen) atoms. The number of hydrogen-bond acceptors (Lipinski definition) is 4. The van der Waals surface area contributed by atoms with Gasteiger partial charge in [0.2, 0.25) is 12.7 Å². The summed E-state index contributed by atoms with van der Waals surface area (Å²) < 4.78 is 10.6. The second-order valence-electron chi connectivity index (χ2n) is 6.26. The van der Waals surface area contributed by atoms with Gasteiger partial charge in [-0.2, -0.15) is 0 Å². The molecular weight excluding hydrogens is 304 g/mol. The number of fused-ring (bicyclic) bond motifs is 2. The topological polar surface area (TPSA) is 50.8 Å². The SMILES string of the molecule is CC1CCc2ccccc2N1CC(=O)Nc1ccc2c(c1)OCO2. The zero-order valence-electron chi connectivity index (χ0n) is 13.6. The quantitative estimate of drug-likeness (QED) is 0.942. The van der Waals surface area contributed by atoms with Gasteiger partial charge in [0.05, 0.1) is 6.54 Å². The van der Waals surface area contributed by atoms with Gasteiger partial charge in [0.15, 0.2) is 11.5 Å². The highest BCUT2D eigenvalue weighted by atomic mass is 16.7. The summed E-state index contributed by atoms with van der Waals surface area (Å²) in [5.74, 6) is 1.36. The predicted molar refractivity (Wildman–Crippen MR) is 92.8 cm³/mol. The summed E-state index contributed by atoms with van der Waals surface area (Å²) in [6, 6.07) is 14.1. The number of carbonyl (C=O) groups is 1. The van der Waals surface area contributed by atoms with Gasteiger partial charge in [-0.25, -0.2) is 0 Å². The molecular formula is C19H20N2O3. The van der Waals surface area contributed by atoms with Crippen LogP contribution in [0.25, 0.3) is 0 Å². The number of rotatable bonds is 3. The van der Waals surface area contributed by atoms with Gasteiger partial charge in [-0.1, -0.05) is 18.2 Å². The average Bonchev–Trinajstić information content (AvgIpc) is 3.05. The Labute approximate surface area is 141 Å². The molecule has 2 aliphatic heterocycles. The lowest BCUT2D eigenvalue weighted by Gasteiger charge is -2.36. The van der Waals surface area contributed by atoms with Crippen LogP contribution in [0, 0.1) is 0 Å². The summed E-state index contributed by atoms with van der Waals surface area (Å²) in [4.78, 5) is 14.7. The standard InChI is InChI=1S/C19H20N2O3/c1-13-6-7-14-4-2-3-5-16(14)21(13)11-19(22)20-15-8-9-17-18(10-15)24-12-23-17/h2-5,8-10,13H,6-7,11-12H2,1H3,(H,20,22). The van der Waals surface area contributed by atoms with E-state index < -0.39 is 0 Å². The third kappa shape index (κ3) is 2.77. The fraction of sp³-hybridized carbons (Fsp3) is 0.316. The maximum atomic E-state index is 12.5. The van der Waals surface area contributed by atoms with E-state index in [1.807, 2.05) is 18.2 Å². The van der Waals surface area contributed by atoms with Gasteiger partial charge in [-0.15, -0.1) is 0 Å². The second-order valence-corrected chi connectivity index (χ2v) is 6.26. The molecule has 0 aliphatic carbocycles. The summed E-state index contributed by atoms with van der Waals surface area (Å²) in [5, 5.41) is 2.95. The van der Waals surface area contributed by atoms with E-state index in [0.717, 1.165) is 24.2 Å². The molecule has 0 spiro atoms. The van der Waals surface area contributed by atoms with Crippen molar-refractivity contribution in [2.45, 2.75) is 25.8 Å². The monoisotopic (exact) mass is 324 g/mol. The fourth-order valence-electron chi connectivity index (χ4n) is 3.33.